The first-order chi connectivity index (χ1) is 9.47. The molecule has 0 atom stereocenters. The summed E-state index contributed by atoms with van der Waals surface area (Å²) in [6.07, 6.45) is -2.39. The van der Waals surface area contributed by atoms with Crippen molar-refractivity contribution in [2.75, 3.05) is 0 Å². The summed E-state index contributed by atoms with van der Waals surface area (Å²) in [7, 11) is 0. The van der Waals surface area contributed by atoms with E-state index in [4.69, 9.17) is 0 Å². The first-order valence-corrected chi connectivity index (χ1v) is 6.15. The molecule has 3 rings (SSSR count). The van der Waals surface area contributed by atoms with E-state index >= 15 is 0 Å². The first kappa shape index (κ1) is 12.7. The van der Waals surface area contributed by atoms with Gasteiger partial charge in [-0.1, -0.05) is 43.0 Å². The second kappa shape index (κ2) is 4.37. The third-order valence-electron chi connectivity index (χ3n) is 3.40. The monoisotopic (exact) mass is 272 g/mol. The van der Waals surface area contributed by atoms with Gasteiger partial charge >= 0.3 is 6.18 Å². The number of fused-ring (bicyclic) bond motifs is 1. The second-order valence-corrected chi connectivity index (χ2v) is 4.70. The maximum absolute atomic E-state index is 12.6. The number of allylic oxidation sites excluding steroid dienone is 2. The smallest absolute Gasteiger partial charge is 0.166 e. The van der Waals surface area contributed by atoms with Gasteiger partial charge < -0.3 is 0 Å². The predicted octanol–water partition coefficient (Wildman–Crippen LogP) is 5.16. The molecule has 0 fully saturated rings. The van der Waals surface area contributed by atoms with Crippen molar-refractivity contribution in [3.05, 3.63) is 83.4 Å². The molecular formula is C17H11F3. The minimum Gasteiger partial charge on any atom is -0.166 e. The minimum absolute atomic E-state index is 0.632. The predicted molar refractivity (Wildman–Crippen MR) is 74.0 cm³/mol. The molecule has 0 N–H and O–H groups in total. The Kier molecular flexibility index (Phi) is 2.78. The lowest BCUT2D eigenvalue weighted by Gasteiger charge is -2.09. The number of hydrogen-bond acceptors (Lipinski definition) is 0. The molecule has 0 radical (unpaired) electrons. The Balaban J connectivity index is 2.03. The number of alkyl halides is 3. The van der Waals surface area contributed by atoms with Crippen molar-refractivity contribution in [3.8, 4) is 0 Å². The molecule has 0 nitrogen and oxygen atoms in total. The molecule has 0 spiro atoms. The fourth-order valence-electron chi connectivity index (χ4n) is 2.41. The summed E-state index contributed by atoms with van der Waals surface area (Å²) in [6.45, 7) is 3.97. The molecule has 1 aliphatic rings. The van der Waals surface area contributed by atoms with Crippen LogP contribution in [0.5, 0.6) is 0 Å². The first-order valence-electron chi connectivity index (χ1n) is 6.15. The maximum Gasteiger partial charge on any atom is 0.416 e. The minimum atomic E-state index is -4.30. The highest BCUT2D eigenvalue weighted by atomic mass is 19.4. The molecule has 0 heterocycles. The van der Waals surface area contributed by atoms with Gasteiger partial charge in [0.25, 0.3) is 0 Å². The zero-order chi connectivity index (χ0) is 14.3. The molecule has 0 saturated carbocycles. The van der Waals surface area contributed by atoms with Crippen LogP contribution in [0.4, 0.5) is 13.2 Å². The SMILES string of the molecule is C=C1C=C(c2ccc(C(F)(F)F)cc2)c2ccccc21. The van der Waals surface area contributed by atoms with Crippen LogP contribution >= 0.6 is 0 Å². The Morgan fingerprint density at radius 1 is 0.800 bits per heavy atom. The number of rotatable bonds is 1. The Hall–Kier alpha value is -2.29. The van der Waals surface area contributed by atoms with Crippen LogP contribution in [0.1, 0.15) is 22.3 Å². The van der Waals surface area contributed by atoms with Gasteiger partial charge in [0, 0.05) is 0 Å². The summed E-state index contributed by atoms with van der Waals surface area (Å²) in [4.78, 5) is 0. The van der Waals surface area contributed by atoms with Crippen molar-refractivity contribution in [3.63, 3.8) is 0 Å². The second-order valence-electron chi connectivity index (χ2n) is 4.70. The van der Waals surface area contributed by atoms with Gasteiger partial charge in [-0.25, -0.2) is 0 Å². The van der Waals surface area contributed by atoms with E-state index in [1.54, 1.807) is 0 Å². The molecule has 2 aromatic rings. The van der Waals surface area contributed by atoms with E-state index in [1.165, 1.54) is 12.1 Å². The molecule has 20 heavy (non-hydrogen) atoms. The van der Waals surface area contributed by atoms with Gasteiger partial charge in [0.2, 0.25) is 0 Å². The Bertz CT molecular complexity index is 704. The van der Waals surface area contributed by atoms with Gasteiger partial charge in [-0.05, 0) is 46.0 Å². The van der Waals surface area contributed by atoms with E-state index in [0.717, 1.165) is 40.0 Å². The quantitative estimate of drug-likeness (QED) is 0.672. The third-order valence-corrected chi connectivity index (χ3v) is 3.40. The third kappa shape index (κ3) is 2.05. The van der Waals surface area contributed by atoms with Crippen LogP contribution in [0.2, 0.25) is 0 Å². The fourth-order valence-corrected chi connectivity index (χ4v) is 2.41. The standard InChI is InChI=1S/C17H11F3/c1-11-10-16(15-5-3-2-4-14(11)15)12-6-8-13(9-7-12)17(18,19)20/h2-10H,1H2. The maximum atomic E-state index is 12.6. The zero-order valence-corrected chi connectivity index (χ0v) is 10.5. The van der Waals surface area contributed by atoms with Crippen LogP contribution in [0.15, 0.2) is 61.2 Å². The average Bonchev–Trinajstić information content (AvgIpc) is 2.76. The molecule has 0 unspecified atom stereocenters. The number of benzene rings is 2. The summed E-state index contributed by atoms with van der Waals surface area (Å²) in [5.74, 6) is 0. The Labute approximate surface area is 114 Å². The fraction of sp³-hybridized carbons (Fsp3) is 0.0588. The zero-order valence-electron chi connectivity index (χ0n) is 10.5. The van der Waals surface area contributed by atoms with Crippen LogP contribution in [-0.4, -0.2) is 0 Å². The lowest BCUT2D eigenvalue weighted by molar-refractivity contribution is -0.137. The summed E-state index contributed by atoms with van der Waals surface area (Å²) in [6, 6.07) is 13.0. The molecule has 1 aliphatic carbocycles. The van der Waals surface area contributed by atoms with Crippen LogP contribution in [0, 0.1) is 0 Å². The largest absolute Gasteiger partial charge is 0.416 e. The van der Waals surface area contributed by atoms with E-state index in [9.17, 15) is 13.2 Å². The molecular weight excluding hydrogens is 261 g/mol. The van der Waals surface area contributed by atoms with Crippen LogP contribution in [-0.2, 0) is 6.18 Å². The van der Waals surface area contributed by atoms with Crippen LogP contribution in [0.3, 0.4) is 0 Å². The molecule has 0 aromatic heterocycles. The van der Waals surface area contributed by atoms with Crippen molar-refractivity contribution in [2.45, 2.75) is 6.18 Å². The van der Waals surface area contributed by atoms with Gasteiger partial charge in [-0.3, -0.25) is 0 Å². The summed E-state index contributed by atoms with van der Waals surface area (Å²) in [5, 5.41) is 0. The van der Waals surface area contributed by atoms with Crippen molar-refractivity contribution in [1.29, 1.82) is 0 Å². The van der Waals surface area contributed by atoms with Crippen LogP contribution in [0.25, 0.3) is 11.1 Å². The van der Waals surface area contributed by atoms with Gasteiger partial charge in [0.05, 0.1) is 5.56 Å². The molecule has 100 valence electrons. The molecule has 0 bridgehead atoms. The van der Waals surface area contributed by atoms with Gasteiger partial charge in [0.1, 0.15) is 0 Å². The van der Waals surface area contributed by atoms with E-state index in [1.807, 2.05) is 30.3 Å². The van der Waals surface area contributed by atoms with Crippen molar-refractivity contribution in [2.24, 2.45) is 0 Å². The van der Waals surface area contributed by atoms with E-state index in [2.05, 4.69) is 6.58 Å². The molecule has 0 amide bonds. The highest BCUT2D eigenvalue weighted by Gasteiger charge is 2.30. The van der Waals surface area contributed by atoms with Crippen molar-refractivity contribution in [1.82, 2.24) is 0 Å². The lowest BCUT2D eigenvalue weighted by Crippen LogP contribution is -2.04. The molecule has 2 aromatic carbocycles. The Morgan fingerprint density at radius 2 is 1.40 bits per heavy atom. The lowest BCUT2D eigenvalue weighted by atomic mass is 9.98. The number of hydrogen-bond donors (Lipinski definition) is 0. The molecule has 3 heteroatoms. The Morgan fingerprint density at radius 3 is 2.00 bits per heavy atom. The van der Waals surface area contributed by atoms with E-state index in [-0.39, 0.29) is 0 Å². The van der Waals surface area contributed by atoms with Gasteiger partial charge in [0.15, 0.2) is 0 Å². The topological polar surface area (TPSA) is 0 Å². The van der Waals surface area contributed by atoms with Gasteiger partial charge in [-0.2, -0.15) is 13.2 Å². The van der Waals surface area contributed by atoms with Crippen LogP contribution < -0.4 is 0 Å². The average molecular weight is 272 g/mol. The van der Waals surface area contributed by atoms with Crippen molar-refractivity contribution >= 4 is 11.1 Å². The normalized spacial score (nSPS) is 14.2. The summed E-state index contributed by atoms with van der Waals surface area (Å²) < 4.78 is 37.7. The summed E-state index contributed by atoms with van der Waals surface area (Å²) in [5.41, 5.74) is 3.98. The molecule has 0 aliphatic heterocycles. The van der Waals surface area contributed by atoms with E-state index in [0.29, 0.717) is 0 Å². The molecule has 0 saturated heterocycles. The highest BCUT2D eigenvalue weighted by molar-refractivity contribution is 6.00. The van der Waals surface area contributed by atoms with Crippen molar-refractivity contribution < 1.29 is 13.2 Å². The number of halogens is 3. The highest BCUT2D eigenvalue weighted by Crippen LogP contribution is 2.38. The summed E-state index contributed by atoms with van der Waals surface area (Å²) >= 11 is 0. The van der Waals surface area contributed by atoms with E-state index < -0.39 is 11.7 Å². The van der Waals surface area contributed by atoms with Gasteiger partial charge in [-0.15, -0.1) is 0 Å².